The summed E-state index contributed by atoms with van der Waals surface area (Å²) in [5.74, 6) is 0.447. The number of nitrogens with zero attached hydrogens (tertiary/aromatic N) is 2. The van der Waals surface area contributed by atoms with E-state index in [1.165, 1.54) is 74.9 Å². The number of benzene rings is 6. The van der Waals surface area contributed by atoms with Crippen molar-refractivity contribution in [2.45, 2.75) is 72.6 Å². The van der Waals surface area contributed by atoms with Crippen LogP contribution < -0.4 is 4.90 Å². The lowest BCUT2D eigenvalue weighted by Crippen LogP contribution is -2.14. The van der Waals surface area contributed by atoms with Crippen LogP contribution in [0.1, 0.15) is 97.9 Å². The van der Waals surface area contributed by atoms with Gasteiger partial charge in [-0.15, -0.1) is 0 Å². The van der Waals surface area contributed by atoms with E-state index < -0.39 is 0 Å². The normalized spacial score (nSPS) is 12.8. The summed E-state index contributed by atoms with van der Waals surface area (Å²) in [6.45, 7) is 15.4. The van der Waals surface area contributed by atoms with Gasteiger partial charge >= 0.3 is 0 Å². The van der Waals surface area contributed by atoms with Crippen molar-refractivity contribution in [2.24, 2.45) is 0 Å². The molecule has 2 heteroatoms. The zero-order valence-electron chi connectivity index (χ0n) is 34.4. The Labute approximate surface area is 341 Å². The molecule has 0 aliphatic heterocycles. The second kappa shape index (κ2) is 18.2. The first kappa shape index (κ1) is 39.1. The van der Waals surface area contributed by atoms with Gasteiger partial charge in [0.15, 0.2) is 0 Å². The minimum absolute atomic E-state index is 0.447. The molecule has 2 nitrogen and oxygen atoms in total. The molecule has 7 aromatic rings. The zero-order chi connectivity index (χ0) is 39.7. The molecule has 1 aliphatic carbocycles. The fraction of sp³-hybridized carbons (Fsp3) is 0.200. The first-order chi connectivity index (χ1) is 27.9. The highest BCUT2D eigenvalue weighted by Gasteiger charge is 2.24. The van der Waals surface area contributed by atoms with Crippen LogP contribution in [-0.2, 0) is 0 Å². The summed E-state index contributed by atoms with van der Waals surface area (Å²) in [5, 5.41) is 1.19. The van der Waals surface area contributed by atoms with Crippen molar-refractivity contribution < 1.29 is 0 Å². The van der Waals surface area contributed by atoms with Crippen LogP contribution in [-0.4, -0.2) is 4.57 Å². The number of aromatic nitrogens is 1. The smallest absolute Gasteiger partial charge is 0.0545 e. The van der Waals surface area contributed by atoms with Gasteiger partial charge in [-0.25, -0.2) is 0 Å². The van der Waals surface area contributed by atoms with Crippen molar-refractivity contribution in [3.63, 3.8) is 0 Å². The fourth-order valence-corrected chi connectivity index (χ4v) is 8.30. The average molecular weight is 745 g/mol. The lowest BCUT2D eigenvalue weighted by atomic mass is 9.82. The van der Waals surface area contributed by atoms with Crippen LogP contribution in [0.15, 0.2) is 170 Å². The number of allylic oxidation sites excluding steroid dienone is 2. The van der Waals surface area contributed by atoms with E-state index in [9.17, 15) is 0 Å². The fourth-order valence-electron chi connectivity index (χ4n) is 8.30. The Morgan fingerprint density at radius 2 is 1.35 bits per heavy atom. The molecule has 1 saturated carbocycles. The second-order valence-electron chi connectivity index (χ2n) is 15.3. The van der Waals surface area contributed by atoms with E-state index in [4.69, 9.17) is 0 Å². The quantitative estimate of drug-likeness (QED) is 0.128. The largest absolute Gasteiger partial charge is 0.310 e. The molecule has 1 unspecified atom stereocenters. The van der Waals surface area contributed by atoms with Gasteiger partial charge < -0.3 is 9.47 Å². The number of fused-ring (bicyclic) bond motifs is 1. The van der Waals surface area contributed by atoms with Crippen LogP contribution in [0, 0.1) is 13.8 Å². The lowest BCUT2D eigenvalue weighted by molar-refractivity contribution is 0.665. The minimum Gasteiger partial charge on any atom is -0.310 e. The average Bonchev–Trinajstić information content (AvgIpc) is 3.52. The van der Waals surface area contributed by atoms with Crippen molar-refractivity contribution >= 4 is 45.7 Å². The maximum atomic E-state index is 4.34. The number of anilines is 3. The monoisotopic (exact) mass is 744 g/mol. The molecule has 1 fully saturated rings. The minimum atomic E-state index is 0.447. The van der Waals surface area contributed by atoms with Gasteiger partial charge in [-0.05, 0) is 129 Å². The summed E-state index contributed by atoms with van der Waals surface area (Å²) < 4.78 is 2.41. The first-order valence-corrected chi connectivity index (χ1v) is 20.7. The molecule has 1 aromatic heterocycles. The van der Waals surface area contributed by atoms with Gasteiger partial charge in [0, 0.05) is 33.7 Å². The van der Waals surface area contributed by atoms with Gasteiger partial charge in [-0.1, -0.05) is 159 Å². The molecule has 57 heavy (non-hydrogen) atoms. The lowest BCUT2D eigenvalue weighted by Gasteiger charge is -2.30. The number of hydrogen-bond acceptors (Lipinski definition) is 1. The molecule has 0 N–H and O–H groups in total. The molecule has 0 amide bonds. The van der Waals surface area contributed by atoms with Crippen LogP contribution in [0.5, 0.6) is 0 Å². The van der Waals surface area contributed by atoms with Crippen LogP contribution in [0.2, 0.25) is 0 Å². The van der Waals surface area contributed by atoms with Gasteiger partial charge in [-0.3, -0.25) is 0 Å². The summed E-state index contributed by atoms with van der Waals surface area (Å²) >= 11 is 0. The molecule has 0 radical (unpaired) electrons. The Bertz CT molecular complexity index is 2480. The number of rotatable bonds is 11. The van der Waals surface area contributed by atoms with Crippen molar-refractivity contribution in [1.82, 2.24) is 4.57 Å². The van der Waals surface area contributed by atoms with E-state index in [2.05, 4.69) is 196 Å². The zero-order valence-corrected chi connectivity index (χ0v) is 34.4. The number of aryl methyl sites for hydroxylation is 2. The third kappa shape index (κ3) is 8.37. The number of para-hydroxylation sites is 2. The highest BCUT2D eigenvalue weighted by molar-refractivity contribution is 5.99. The molecule has 0 bridgehead atoms. The van der Waals surface area contributed by atoms with Crippen molar-refractivity contribution in [3.05, 3.63) is 209 Å². The molecule has 0 spiro atoms. The molecule has 1 atom stereocenters. The Balaban J connectivity index is 0.000000641. The second-order valence-corrected chi connectivity index (χ2v) is 15.3. The highest BCUT2D eigenvalue weighted by atomic mass is 15.1. The summed E-state index contributed by atoms with van der Waals surface area (Å²) in [6.07, 6.45) is 12.3. The summed E-state index contributed by atoms with van der Waals surface area (Å²) in [7, 11) is 0. The van der Waals surface area contributed by atoms with Gasteiger partial charge in [0.25, 0.3) is 0 Å². The van der Waals surface area contributed by atoms with Gasteiger partial charge in [0.05, 0.1) is 11.2 Å². The molecular weight excluding hydrogens is 689 g/mol. The van der Waals surface area contributed by atoms with Crippen LogP contribution in [0.25, 0.3) is 34.3 Å². The molecule has 0 saturated heterocycles. The summed E-state index contributed by atoms with van der Waals surface area (Å²) in [4.78, 5) is 2.46. The molecule has 6 aromatic carbocycles. The van der Waals surface area contributed by atoms with Crippen molar-refractivity contribution in [2.75, 3.05) is 4.90 Å². The Kier molecular flexibility index (Phi) is 12.5. The first-order valence-electron chi connectivity index (χ1n) is 20.7. The van der Waals surface area contributed by atoms with Gasteiger partial charge in [0.1, 0.15) is 0 Å². The van der Waals surface area contributed by atoms with E-state index in [1.807, 2.05) is 24.3 Å². The summed E-state index contributed by atoms with van der Waals surface area (Å²) in [6, 6.07) is 54.9. The van der Waals surface area contributed by atoms with Gasteiger partial charge in [0.2, 0.25) is 0 Å². The van der Waals surface area contributed by atoms with Crippen molar-refractivity contribution in [1.29, 1.82) is 0 Å². The molecule has 286 valence electrons. The van der Waals surface area contributed by atoms with Crippen LogP contribution in [0.4, 0.5) is 17.1 Å². The summed E-state index contributed by atoms with van der Waals surface area (Å²) in [5.41, 5.74) is 17.7. The van der Waals surface area contributed by atoms with E-state index in [1.54, 1.807) is 5.57 Å². The third-order valence-electron chi connectivity index (χ3n) is 11.3. The van der Waals surface area contributed by atoms with Crippen LogP contribution in [0.3, 0.4) is 0 Å². The predicted octanol–water partition coefficient (Wildman–Crippen LogP) is 16.0. The predicted molar refractivity (Wildman–Crippen MR) is 248 cm³/mol. The molecule has 1 aliphatic rings. The van der Waals surface area contributed by atoms with Crippen molar-refractivity contribution in [3.8, 4) is 5.69 Å². The standard InChI is InChI=1S/C48H48N2.C7H8/c1-6-18-34(4)42-26-15-16-27-45(42)49(39-24-13-10-14-25-39)46-33-43-41(8-3)44(19-7-2)50(47(43)32-35(46)5)40-30-28-38(29-31-40)48(37-22-17-23-37)36-20-11-9-12-21-36;1-7-5-3-2-4-6-7/h7-16,19-21,24-34H,3,6,17-18,22-23H2,1-2,4-5H3;2-6H,1H3/b19-7-;. The number of hydrogen-bond donors (Lipinski definition) is 0. The molecule has 8 rings (SSSR count). The van der Waals surface area contributed by atoms with E-state index >= 15 is 0 Å². The topological polar surface area (TPSA) is 8.17 Å². The molecular formula is C55H56N2. The van der Waals surface area contributed by atoms with E-state index in [-0.39, 0.29) is 0 Å². The Morgan fingerprint density at radius 1 is 0.737 bits per heavy atom. The van der Waals surface area contributed by atoms with Crippen LogP contribution >= 0.6 is 0 Å². The Morgan fingerprint density at radius 3 is 1.93 bits per heavy atom. The van der Waals surface area contributed by atoms with E-state index in [0.717, 1.165) is 35.5 Å². The maximum Gasteiger partial charge on any atom is 0.0545 e. The highest BCUT2D eigenvalue weighted by Crippen LogP contribution is 2.44. The Hall–Kier alpha value is -6.12. The third-order valence-corrected chi connectivity index (χ3v) is 11.3. The maximum absolute atomic E-state index is 4.34. The SMILES string of the molecule is C=Cc1c(/C=C\C)n(-c2ccc(C(=C3CCC3)c3ccccc3)cc2)c2cc(C)c(N(c3ccccc3)c3ccccc3C(C)CCC)cc12.Cc1ccccc1. The molecule has 1 heterocycles. The van der Waals surface area contributed by atoms with E-state index in [0.29, 0.717) is 5.92 Å². The van der Waals surface area contributed by atoms with Gasteiger partial charge in [-0.2, -0.15) is 0 Å².